The van der Waals surface area contributed by atoms with E-state index < -0.39 is 33.4 Å². The Hall–Kier alpha value is -2.26. The van der Waals surface area contributed by atoms with E-state index in [0.29, 0.717) is 6.42 Å². The number of sulfonamides is 1. The van der Waals surface area contributed by atoms with E-state index in [1.165, 1.54) is 29.2 Å². The third-order valence-electron chi connectivity index (χ3n) is 4.31. The summed E-state index contributed by atoms with van der Waals surface area (Å²) in [6, 6.07) is 4.31. The van der Waals surface area contributed by atoms with Crippen molar-refractivity contribution in [3.63, 3.8) is 0 Å². The van der Waals surface area contributed by atoms with Gasteiger partial charge in [-0.05, 0) is 51.5 Å². The first-order chi connectivity index (χ1) is 12.4. The Morgan fingerprint density at radius 3 is 2.22 bits per heavy atom. The number of rotatable bonds is 5. The maximum Gasteiger partial charge on any atom is 0.257 e. The Labute approximate surface area is 159 Å². The van der Waals surface area contributed by atoms with Gasteiger partial charge in [-0.2, -0.15) is 0 Å². The molecule has 27 heavy (non-hydrogen) atoms. The molecule has 1 saturated heterocycles. The second-order valence-electron chi connectivity index (χ2n) is 7.51. The molecule has 0 radical (unpaired) electrons. The molecule has 0 aliphatic carbocycles. The molecule has 1 unspecified atom stereocenters. The highest BCUT2D eigenvalue weighted by Crippen LogP contribution is 2.30. The summed E-state index contributed by atoms with van der Waals surface area (Å²) in [4.78, 5) is 40.4. The minimum atomic E-state index is -3.87. The van der Waals surface area contributed by atoms with Crippen molar-refractivity contribution in [1.82, 2.24) is 4.90 Å². The summed E-state index contributed by atoms with van der Waals surface area (Å²) in [7, 11) is -3.87. The van der Waals surface area contributed by atoms with Crippen molar-refractivity contribution in [3.05, 3.63) is 24.3 Å². The van der Waals surface area contributed by atoms with Crippen LogP contribution < -0.4 is 10.0 Å². The van der Waals surface area contributed by atoms with Crippen LogP contribution in [0.1, 0.15) is 47.0 Å². The Balaban J connectivity index is 2.36. The van der Waals surface area contributed by atoms with Gasteiger partial charge >= 0.3 is 0 Å². The van der Waals surface area contributed by atoms with Gasteiger partial charge in [0.05, 0.1) is 17.0 Å². The number of amides is 3. The van der Waals surface area contributed by atoms with Crippen molar-refractivity contribution < 1.29 is 22.8 Å². The van der Waals surface area contributed by atoms with Crippen molar-refractivity contribution in [2.45, 2.75) is 63.4 Å². The van der Waals surface area contributed by atoms with E-state index in [-0.39, 0.29) is 29.3 Å². The van der Waals surface area contributed by atoms with Gasteiger partial charge in [0.25, 0.3) is 5.91 Å². The second kappa shape index (κ2) is 7.40. The number of nitrogens with zero attached hydrogens (tertiary/aromatic N) is 2. The zero-order chi connectivity index (χ0) is 20.6. The lowest BCUT2D eigenvalue weighted by atomic mass is 10.0. The molecule has 148 valence electrons. The van der Waals surface area contributed by atoms with Crippen LogP contribution in [0.3, 0.4) is 0 Å². The summed E-state index contributed by atoms with van der Waals surface area (Å²) < 4.78 is 22.7. The van der Waals surface area contributed by atoms with Crippen molar-refractivity contribution >= 4 is 33.4 Å². The number of hydrogen-bond donors (Lipinski definition) is 1. The number of hydrogen-bond acceptors (Lipinski definition) is 5. The highest BCUT2D eigenvalue weighted by molar-refractivity contribution is 7.89. The molecular weight excluding hydrogens is 370 g/mol. The zero-order valence-corrected chi connectivity index (χ0v) is 16.7. The van der Waals surface area contributed by atoms with Gasteiger partial charge < -0.3 is 4.90 Å². The number of nitrogens with two attached hydrogens (primary N) is 1. The second-order valence-corrected chi connectivity index (χ2v) is 9.07. The summed E-state index contributed by atoms with van der Waals surface area (Å²) in [5.74, 6) is -1.11. The van der Waals surface area contributed by atoms with E-state index in [9.17, 15) is 22.8 Å². The summed E-state index contributed by atoms with van der Waals surface area (Å²) in [5, 5.41) is 5.07. The molecule has 9 heteroatoms. The summed E-state index contributed by atoms with van der Waals surface area (Å²) in [6.45, 7) is 7.34. The molecule has 8 nitrogen and oxygen atoms in total. The molecule has 1 atom stereocenters. The van der Waals surface area contributed by atoms with Gasteiger partial charge in [0.1, 0.15) is 6.04 Å². The highest BCUT2D eigenvalue weighted by Gasteiger charge is 2.47. The lowest BCUT2D eigenvalue weighted by Gasteiger charge is -2.39. The van der Waals surface area contributed by atoms with Crippen LogP contribution in [0, 0.1) is 0 Å². The van der Waals surface area contributed by atoms with E-state index in [0.717, 1.165) is 4.90 Å². The van der Waals surface area contributed by atoms with Gasteiger partial charge in [0, 0.05) is 12.0 Å². The van der Waals surface area contributed by atoms with Crippen molar-refractivity contribution in [2.24, 2.45) is 5.14 Å². The Morgan fingerprint density at radius 2 is 1.78 bits per heavy atom. The van der Waals surface area contributed by atoms with E-state index in [1.54, 1.807) is 0 Å². The predicted molar refractivity (Wildman–Crippen MR) is 100 cm³/mol. The fourth-order valence-electron chi connectivity index (χ4n) is 3.22. The van der Waals surface area contributed by atoms with E-state index in [1.807, 2.05) is 27.7 Å². The Morgan fingerprint density at radius 1 is 1.22 bits per heavy atom. The smallest absolute Gasteiger partial charge is 0.257 e. The largest absolute Gasteiger partial charge is 0.325 e. The van der Waals surface area contributed by atoms with Gasteiger partial charge in [-0.1, -0.05) is 6.92 Å². The average molecular weight is 395 g/mol. The van der Waals surface area contributed by atoms with Gasteiger partial charge in [-0.25, -0.2) is 18.5 Å². The van der Waals surface area contributed by atoms with Crippen molar-refractivity contribution in [1.29, 1.82) is 0 Å². The Kier molecular flexibility index (Phi) is 5.77. The van der Waals surface area contributed by atoms with Crippen LogP contribution in [0.4, 0.5) is 5.69 Å². The van der Waals surface area contributed by atoms with Crippen LogP contribution in [0.2, 0.25) is 0 Å². The third kappa shape index (κ3) is 4.36. The molecule has 2 N–H and O–H groups in total. The van der Waals surface area contributed by atoms with Crippen LogP contribution >= 0.6 is 0 Å². The lowest BCUT2D eigenvalue weighted by Crippen LogP contribution is -2.54. The zero-order valence-electron chi connectivity index (χ0n) is 15.9. The number of anilines is 1. The van der Waals surface area contributed by atoms with Gasteiger partial charge in [-0.15, -0.1) is 0 Å². The van der Waals surface area contributed by atoms with Crippen LogP contribution in [0.15, 0.2) is 29.2 Å². The molecule has 0 saturated carbocycles. The van der Waals surface area contributed by atoms with Crippen LogP contribution in [-0.4, -0.2) is 42.6 Å². The number of benzene rings is 1. The standard InChI is InChI=1S/C18H25N3O5S/c1-5-6-15(22)21(18(2,3)4)14-11-16(23)20(17(14)24)12-7-9-13(10-8-12)27(19,25)26/h7-10,14H,5-6,11H2,1-4H3,(H2,19,25,26). The first-order valence-corrected chi connectivity index (χ1v) is 10.2. The molecule has 1 aromatic carbocycles. The number of carbonyl (C=O) groups is 3. The normalized spacial score (nSPS) is 18.1. The first kappa shape index (κ1) is 21.0. The number of primary sulfonamides is 1. The van der Waals surface area contributed by atoms with Crippen LogP contribution in [0.25, 0.3) is 0 Å². The molecule has 1 aliphatic rings. The average Bonchev–Trinajstić information content (AvgIpc) is 2.80. The van der Waals surface area contributed by atoms with E-state index in [4.69, 9.17) is 5.14 Å². The summed E-state index contributed by atoms with van der Waals surface area (Å²) >= 11 is 0. The molecule has 1 aliphatic heterocycles. The summed E-state index contributed by atoms with van der Waals surface area (Å²) in [5.41, 5.74) is -0.378. The monoisotopic (exact) mass is 395 g/mol. The van der Waals surface area contributed by atoms with Gasteiger partial charge in [0.2, 0.25) is 21.8 Å². The summed E-state index contributed by atoms with van der Waals surface area (Å²) in [6.07, 6.45) is 0.819. The topological polar surface area (TPSA) is 118 Å². The van der Waals surface area contributed by atoms with E-state index >= 15 is 0 Å². The SMILES string of the molecule is CCCC(=O)N(C1CC(=O)N(c2ccc(S(N)(=O)=O)cc2)C1=O)C(C)(C)C. The minimum absolute atomic E-state index is 0.109. The lowest BCUT2D eigenvalue weighted by molar-refractivity contribution is -0.144. The minimum Gasteiger partial charge on any atom is -0.325 e. The van der Waals surface area contributed by atoms with Gasteiger partial charge in [-0.3, -0.25) is 14.4 Å². The fraction of sp³-hybridized carbons (Fsp3) is 0.500. The van der Waals surface area contributed by atoms with Crippen molar-refractivity contribution in [3.8, 4) is 0 Å². The predicted octanol–water partition coefficient (Wildman–Crippen LogP) is 1.39. The maximum absolute atomic E-state index is 13.0. The van der Waals surface area contributed by atoms with Crippen LogP contribution in [-0.2, 0) is 24.4 Å². The molecule has 1 fully saturated rings. The Bertz CT molecular complexity index is 856. The van der Waals surface area contributed by atoms with Crippen molar-refractivity contribution in [2.75, 3.05) is 4.90 Å². The highest BCUT2D eigenvalue weighted by atomic mass is 32.2. The molecule has 2 rings (SSSR count). The fourth-order valence-corrected chi connectivity index (χ4v) is 3.74. The molecule has 1 aromatic rings. The first-order valence-electron chi connectivity index (χ1n) is 8.69. The quantitative estimate of drug-likeness (QED) is 0.756. The third-order valence-corrected chi connectivity index (χ3v) is 5.24. The van der Waals surface area contributed by atoms with Gasteiger partial charge in [0.15, 0.2) is 0 Å². The number of imide groups is 1. The molecule has 0 spiro atoms. The molecule has 1 heterocycles. The maximum atomic E-state index is 13.0. The molecular formula is C18H25N3O5S. The van der Waals surface area contributed by atoms with Crippen LogP contribution in [0.5, 0.6) is 0 Å². The molecule has 0 aromatic heterocycles. The van der Waals surface area contributed by atoms with E-state index in [2.05, 4.69) is 0 Å². The molecule has 0 bridgehead atoms. The number of carbonyl (C=O) groups excluding carboxylic acids is 3. The molecule has 3 amide bonds.